The Bertz CT molecular complexity index is 565. The molecule has 0 saturated heterocycles. The standard InChI is InChI=1S/C11H14N4OS/c1-5-6(2)16-7(3)8(5)9-13-10(12)15-11(14-9)17-4/h1-4H3,(H2,12,13,14,15). The number of thioether (sulfide) groups is 1. The molecule has 0 radical (unpaired) electrons. The minimum atomic E-state index is 0.233. The third kappa shape index (κ3) is 2.12. The molecule has 2 heterocycles. The molecule has 2 aromatic heterocycles. The third-order valence-corrected chi connectivity index (χ3v) is 3.15. The summed E-state index contributed by atoms with van der Waals surface area (Å²) in [5.41, 5.74) is 7.62. The van der Waals surface area contributed by atoms with Gasteiger partial charge in [0.15, 0.2) is 11.0 Å². The van der Waals surface area contributed by atoms with Crippen LogP contribution in [0.4, 0.5) is 5.95 Å². The van der Waals surface area contributed by atoms with E-state index >= 15 is 0 Å². The first kappa shape index (κ1) is 11.9. The lowest BCUT2D eigenvalue weighted by Gasteiger charge is -2.03. The van der Waals surface area contributed by atoms with Crippen LogP contribution < -0.4 is 5.73 Å². The van der Waals surface area contributed by atoms with Crippen LogP contribution in [-0.2, 0) is 0 Å². The zero-order valence-corrected chi connectivity index (χ0v) is 11.1. The first-order valence-corrected chi connectivity index (χ1v) is 6.38. The van der Waals surface area contributed by atoms with E-state index < -0.39 is 0 Å². The van der Waals surface area contributed by atoms with Crippen LogP contribution in [0.5, 0.6) is 0 Å². The molecule has 0 aliphatic carbocycles. The van der Waals surface area contributed by atoms with Crippen molar-refractivity contribution in [2.24, 2.45) is 0 Å². The Hall–Kier alpha value is -1.56. The first-order valence-electron chi connectivity index (χ1n) is 5.15. The maximum absolute atomic E-state index is 5.67. The normalized spacial score (nSPS) is 10.8. The number of nitrogens with zero attached hydrogens (tertiary/aromatic N) is 3. The summed E-state index contributed by atoms with van der Waals surface area (Å²) in [6.07, 6.45) is 1.90. The van der Waals surface area contributed by atoms with Gasteiger partial charge in [-0.1, -0.05) is 11.8 Å². The van der Waals surface area contributed by atoms with Gasteiger partial charge in [0.05, 0.1) is 5.56 Å². The maximum atomic E-state index is 5.67. The number of rotatable bonds is 2. The van der Waals surface area contributed by atoms with Gasteiger partial charge in [-0.2, -0.15) is 9.97 Å². The molecule has 0 unspecified atom stereocenters. The number of hydrogen-bond donors (Lipinski definition) is 1. The second-order valence-corrected chi connectivity index (χ2v) is 4.49. The summed E-state index contributed by atoms with van der Waals surface area (Å²) >= 11 is 1.44. The van der Waals surface area contributed by atoms with E-state index in [1.165, 1.54) is 11.8 Å². The summed E-state index contributed by atoms with van der Waals surface area (Å²) in [6.45, 7) is 5.81. The SMILES string of the molecule is CSc1nc(N)nc(-c2c(C)oc(C)c2C)n1. The van der Waals surface area contributed by atoms with E-state index in [1.54, 1.807) is 0 Å². The average Bonchev–Trinajstić information content (AvgIpc) is 2.52. The van der Waals surface area contributed by atoms with Crippen molar-refractivity contribution in [1.82, 2.24) is 15.0 Å². The van der Waals surface area contributed by atoms with Crippen molar-refractivity contribution in [3.8, 4) is 11.4 Å². The quantitative estimate of drug-likeness (QED) is 0.824. The van der Waals surface area contributed by atoms with Crippen LogP contribution in [0.1, 0.15) is 17.1 Å². The van der Waals surface area contributed by atoms with Gasteiger partial charge in [-0.25, -0.2) is 4.98 Å². The average molecular weight is 250 g/mol. The molecule has 0 aliphatic rings. The zero-order chi connectivity index (χ0) is 12.6. The number of anilines is 1. The molecule has 0 fully saturated rings. The van der Waals surface area contributed by atoms with Crippen molar-refractivity contribution in [3.05, 3.63) is 17.1 Å². The van der Waals surface area contributed by atoms with Gasteiger partial charge >= 0.3 is 0 Å². The predicted octanol–water partition coefficient (Wildman–Crippen LogP) is 2.36. The molecule has 0 atom stereocenters. The molecule has 6 heteroatoms. The van der Waals surface area contributed by atoms with Crippen molar-refractivity contribution < 1.29 is 4.42 Å². The fourth-order valence-electron chi connectivity index (χ4n) is 1.70. The molecule has 2 aromatic rings. The van der Waals surface area contributed by atoms with E-state index in [1.807, 2.05) is 27.0 Å². The molecule has 0 saturated carbocycles. The molecule has 0 amide bonds. The third-order valence-electron chi connectivity index (χ3n) is 2.60. The lowest BCUT2D eigenvalue weighted by atomic mass is 10.1. The van der Waals surface area contributed by atoms with Crippen LogP contribution in [0.2, 0.25) is 0 Å². The summed E-state index contributed by atoms with van der Waals surface area (Å²) < 4.78 is 5.57. The molecule has 0 aliphatic heterocycles. The molecular weight excluding hydrogens is 236 g/mol. The van der Waals surface area contributed by atoms with E-state index in [4.69, 9.17) is 10.2 Å². The fourth-order valence-corrected chi connectivity index (χ4v) is 2.06. The Balaban J connectivity index is 2.63. The summed E-state index contributed by atoms with van der Waals surface area (Å²) in [7, 11) is 0. The summed E-state index contributed by atoms with van der Waals surface area (Å²) in [6, 6.07) is 0. The van der Waals surface area contributed by atoms with E-state index in [2.05, 4.69) is 15.0 Å². The number of aromatic nitrogens is 3. The van der Waals surface area contributed by atoms with E-state index in [0.717, 1.165) is 22.6 Å². The second kappa shape index (κ2) is 4.37. The van der Waals surface area contributed by atoms with E-state index in [-0.39, 0.29) is 5.95 Å². The molecule has 5 nitrogen and oxygen atoms in total. The minimum absolute atomic E-state index is 0.233. The maximum Gasteiger partial charge on any atom is 0.224 e. The van der Waals surface area contributed by atoms with Gasteiger partial charge in [-0.15, -0.1) is 0 Å². The van der Waals surface area contributed by atoms with Crippen molar-refractivity contribution >= 4 is 17.7 Å². The number of aryl methyl sites for hydroxylation is 2. The molecule has 2 N–H and O–H groups in total. The van der Waals surface area contributed by atoms with Gasteiger partial charge in [-0.05, 0) is 27.0 Å². The molecule has 2 rings (SSSR count). The van der Waals surface area contributed by atoms with Crippen molar-refractivity contribution in [2.75, 3.05) is 12.0 Å². The molecule has 0 spiro atoms. The van der Waals surface area contributed by atoms with Crippen molar-refractivity contribution in [3.63, 3.8) is 0 Å². The number of furan rings is 1. The largest absolute Gasteiger partial charge is 0.466 e. The Morgan fingerprint density at radius 2 is 1.76 bits per heavy atom. The van der Waals surface area contributed by atoms with Crippen molar-refractivity contribution in [2.45, 2.75) is 25.9 Å². The highest BCUT2D eigenvalue weighted by atomic mass is 32.2. The van der Waals surface area contributed by atoms with Gasteiger partial charge < -0.3 is 10.2 Å². The van der Waals surface area contributed by atoms with Crippen LogP contribution in [0.25, 0.3) is 11.4 Å². The smallest absolute Gasteiger partial charge is 0.224 e. The predicted molar refractivity (Wildman–Crippen MR) is 67.9 cm³/mol. The van der Waals surface area contributed by atoms with Crippen LogP contribution in [0.15, 0.2) is 9.57 Å². The first-order chi connectivity index (χ1) is 8.02. The topological polar surface area (TPSA) is 77.8 Å². The zero-order valence-electron chi connectivity index (χ0n) is 10.2. The Kier molecular flexibility index (Phi) is 3.06. The summed E-state index contributed by atoms with van der Waals surface area (Å²) in [5, 5.41) is 0.616. The second-order valence-electron chi connectivity index (χ2n) is 3.72. The van der Waals surface area contributed by atoms with Crippen LogP contribution in [0, 0.1) is 20.8 Å². The summed E-state index contributed by atoms with van der Waals surface area (Å²) in [4.78, 5) is 12.6. The highest BCUT2D eigenvalue weighted by Gasteiger charge is 2.17. The van der Waals surface area contributed by atoms with Gasteiger partial charge in [0.25, 0.3) is 0 Å². The molecule has 0 aromatic carbocycles. The lowest BCUT2D eigenvalue weighted by molar-refractivity contribution is 0.503. The fraction of sp³-hybridized carbons (Fsp3) is 0.364. The van der Waals surface area contributed by atoms with Crippen molar-refractivity contribution in [1.29, 1.82) is 0 Å². The minimum Gasteiger partial charge on any atom is -0.466 e. The summed E-state index contributed by atoms with van der Waals surface area (Å²) in [5.74, 6) is 2.49. The van der Waals surface area contributed by atoms with Crippen LogP contribution in [-0.4, -0.2) is 21.2 Å². The molecule has 0 bridgehead atoms. The molecular formula is C11H14N4OS. The Morgan fingerprint density at radius 3 is 2.29 bits per heavy atom. The Morgan fingerprint density at radius 1 is 1.06 bits per heavy atom. The Labute approximate surface area is 104 Å². The van der Waals surface area contributed by atoms with Crippen LogP contribution in [0.3, 0.4) is 0 Å². The van der Waals surface area contributed by atoms with Crippen LogP contribution >= 0.6 is 11.8 Å². The van der Waals surface area contributed by atoms with Gasteiger partial charge in [0.1, 0.15) is 11.5 Å². The van der Waals surface area contributed by atoms with E-state index in [0.29, 0.717) is 11.0 Å². The monoisotopic (exact) mass is 250 g/mol. The highest BCUT2D eigenvalue weighted by molar-refractivity contribution is 7.98. The number of nitrogens with two attached hydrogens (primary N) is 1. The van der Waals surface area contributed by atoms with Gasteiger partial charge in [-0.3, -0.25) is 0 Å². The molecule has 17 heavy (non-hydrogen) atoms. The van der Waals surface area contributed by atoms with E-state index in [9.17, 15) is 0 Å². The number of nitrogen functional groups attached to an aromatic ring is 1. The highest BCUT2D eigenvalue weighted by Crippen LogP contribution is 2.29. The van der Waals surface area contributed by atoms with Gasteiger partial charge in [0, 0.05) is 5.56 Å². The lowest BCUT2D eigenvalue weighted by Crippen LogP contribution is -2.02. The number of hydrogen-bond acceptors (Lipinski definition) is 6. The molecule has 90 valence electrons. The van der Waals surface area contributed by atoms with Gasteiger partial charge in [0.2, 0.25) is 5.95 Å².